The molecule has 1 heterocycles. The molecule has 0 saturated carbocycles. The lowest BCUT2D eigenvalue weighted by Gasteiger charge is -2.23. The minimum atomic E-state index is -0.795. The smallest absolute Gasteiger partial charge is 0.328 e. The molecule has 1 aliphatic rings. The van der Waals surface area contributed by atoms with Crippen LogP contribution in [0.1, 0.15) is 20.8 Å². The van der Waals surface area contributed by atoms with Crippen LogP contribution in [-0.4, -0.2) is 42.5 Å². The van der Waals surface area contributed by atoms with Crippen LogP contribution >= 0.6 is 0 Å². The summed E-state index contributed by atoms with van der Waals surface area (Å²) < 4.78 is 4.96. The average molecular weight is 283 g/mol. The third-order valence-electron chi connectivity index (χ3n) is 2.87. The molecule has 0 spiro atoms. The molecule has 0 radical (unpaired) electrons. The highest BCUT2D eigenvalue weighted by atomic mass is 16.5. The van der Waals surface area contributed by atoms with Gasteiger partial charge in [0.05, 0.1) is 6.04 Å². The molecule has 7 heteroatoms. The lowest BCUT2D eigenvalue weighted by atomic mass is 10.0. The van der Waals surface area contributed by atoms with Crippen LogP contribution in [0.15, 0.2) is 12.2 Å². The topological polar surface area (TPSA) is 111 Å². The maximum Gasteiger partial charge on any atom is 0.328 e. The number of hydrogen-bond acceptors (Lipinski definition) is 5. The summed E-state index contributed by atoms with van der Waals surface area (Å²) in [5.41, 5.74) is 5.67. The number of rotatable bonds is 1. The molecule has 20 heavy (non-hydrogen) atoms. The summed E-state index contributed by atoms with van der Waals surface area (Å²) in [6.45, 7) is 5.08. The second-order valence-electron chi connectivity index (χ2n) is 5.11. The molecule has 7 nitrogen and oxygen atoms in total. The van der Waals surface area contributed by atoms with Crippen molar-refractivity contribution < 1.29 is 19.1 Å². The summed E-state index contributed by atoms with van der Waals surface area (Å²) in [5, 5.41) is 5.12. The zero-order valence-corrected chi connectivity index (χ0v) is 11.9. The molecular formula is C13H21N3O4. The third-order valence-corrected chi connectivity index (χ3v) is 2.87. The highest BCUT2D eigenvalue weighted by molar-refractivity contribution is 5.94. The van der Waals surface area contributed by atoms with Gasteiger partial charge in [-0.15, -0.1) is 0 Å². The van der Waals surface area contributed by atoms with E-state index in [0.717, 1.165) is 0 Å². The first-order valence-electron chi connectivity index (χ1n) is 6.52. The zero-order chi connectivity index (χ0) is 15.3. The molecular weight excluding hydrogens is 262 g/mol. The van der Waals surface area contributed by atoms with Gasteiger partial charge in [0.25, 0.3) is 0 Å². The number of amides is 2. The van der Waals surface area contributed by atoms with Crippen molar-refractivity contribution in [3.05, 3.63) is 12.2 Å². The first-order chi connectivity index (χ1) is 9.31. The maximum atomic E-state index is 12.1. The van der Waals surface area contributed by atoms with E-state index in [1.165, 1.54) is 19.1 Å². The van der Waals surface area contributed by atoms with Crippen molar-refractivity contribution in [1.82, 2.24) is 10.6 Å². The predicted molar refractivity (Wildman–Crippen MR) is 72.4 cm³/mol. The fourth-order valence-electron chi connectivity index (χ4n) is 1.67. The highest BCUT2D eigenvalue weighted by Crippen LogP contribution is 2.04. The molecule has 2 amide bonds. The van der Waals surface area contributed by atoms with E-state index in [1.807, 2.05) is 0 Å². The predicted octanol–water partition coefficient (Wildman–Crippen LogP) is -0.928. The molecule has 0 aromatic rings. The van der Waals surface area contributed by atoms with Gasteiger partial charge in [-0.2, -0.15) is 0 Å². The van der Waals surface area contributed by atoms with Crippen LogP contribution in [-0.2, 0) is 19.1 Å². The van der Waals surface area contributed by atoms with E-state index in [4.69, 9.17) is 10.5 Å². The molecule has 1 rings (SSSR count). The molecule has 3 atom stereocenters. The number of carbonyl (C=O) groups excluding carboxylic acids is 3. The second-order valence-corrected chi connectivity index (χ2v) is 5.11. The van der Waals surface area contributed by atoms with E-state index in [0.29, 0.717) is 0 Å². The monoisotopic (exact) mass is 283 g/mol. The molecule has 0 aromatic carbocycles. The van der Waals surface area contributed by atoms with Gasteiger partial charge in [-0.1, -0.05) is 19.9 Å². The highest BCUT2D eigenvalue weighted by Gasteiger charge is 2.27. The van der Waals surface area contributed by atoms with Gasteiger partial charge in [-0.25, -0.2) is 4.79 Å². The summed E-state index contributed by atoms with van der Waals surface area (Å²) in [5.74, 6) is -1.51. The Hall–Kier alpha value is -1.89. The first kappa shape index (κ1) is 16.2. The standard InChI is InChI=1S/C13H21N3O4/c1-7(2)11-12(18)15-8(3)13(19)20-6-9(14)4-5-10(17)16-11/h4-5,7-9,11H,6,14H2,1-3H3,(H,15,18)(H,16,17)/b5-4+/t8-,9+,11-/m0/s1. The Balaban J connectivity index is 2.94. The second kappa shape index (κ2) is 7.04. The van der Waals surface area contributed by atoms with E-state index in [1.54, 1.807) is 13.8 Å². The van der Waals surface area contributed by atoms with E-state index in [9.17, 15) is 14.4 Å². The lowest BCUT2D eigenvalue weighted by molar-refractivity contribution is -0.148. The minimum absolute atomic E-state index is 0.0452. The van der Waals surface area contributed by atoms with Crippen LogP contribution in [0.25, 0.3) is 0 Å². The van der Waals surface area contributed by atoms with Gasteiger partial charge in [0.1, 0.15) is 18.7 Å². The van der Waals surface area contributed by atoms with Gasteiger partial charge in [0, 0.05) is 6.08 Å². The zero-order valence-electron chi connectivity index (χ0n) is 11.9. The lowest BCUT2D eigenvalue weighted by Crippen LogP contribution is -2.53. The summed E-state index contributed by atoms with van der Waals surface area (Å²) in [6.07, 6.45) is 2.68. The molecule has 1 aliphatic heterocycles. The first-order valence-corrected chi connectivity index (χ1v) is 6.52. The van der Waals surface area contributed by atoms with Gasteiger partial charge >= 0.3 is 5.97 Å². The van der Waals surface area contributed by atoms with Crippen molar-refractivity contribution in [2.75, 3.05) is 6.61 Å². The number of nitrogens with one attached hydrogen (secondary N) is 2. The van der Waals surface area contributed by atoms with Gasteiger partial charge in [0.15, 0.2) is 0 Å². The van der Waals surface area contributed by atoms with Crippen LogP contribution < -0.4 is 16.4 Å². The van der Waals surface area contributed by atoms with Gasteiger partial charge in [-0.3, -0.25) is 9.59 Å². The molecule has 0 fully saturated rings. The van der Waals surface area contributed by atoms with E-state index >= 15 is 0 Å². The van der Waals surface area contributed by atoms with Gasteiger partial charge in [0.2, 0.25) is 11.8 Å². The normalized spacial score (nSPS) is 30.6. The van der Waals surface area contributed by atoms with Crippen molar-refractivity contribution in [3.8, 4) is 0 Å². The number of nitrogens with two attached hydrogens (primary N) is 1. The summed E-state index contributed by atoms with van der Waals surface area (Å²) in [7, 11) is 0. The number of hydrogen-bond donors (Lipinski definition) is 3. The molecule has 112 valence electrons. The Labute approximate surface area is 117 Å². The number of carbonyl (C=O) groups is 3. The Bertz CT molecular complexity index is 420. The Kier molecular flexibility index (Phi) is 5.69. The largest absolute Gasteiger partial charge is 0.462 e. The number of cyclic esters (lactones) is 1. The van der Waals surface area contributed by atoms with E-state index in [2.05, 4.69) is 10.6 Å². The maximum absolute atomic E-state index is 12.1. The number of ether oxygens (including phenoxy) is 1. The van der Waals surface area contributed by atoms with Crippen molar-refractivity contribution in [2.24, 2.45) is 11.7 Å². The summed E-state index contributed by atoms with van der Waals surface area (Å²) in [6, 6.07) is -2.08. The number of esters is 1. The van der Waals surface area contributed by atoms with Gasteiger partial charge < -0.3 is 21.1 Å². The molecule has 0 saturated heterocycles. The molecule has 0 unspecified atom stereocenters. The fraction of sp³-hybridized carbons (Fsp3) is 0.615. The average Bonchev–Trinajstić information content (AvgIpc) is 2.37. The molecule has 0 aromatic heterocycles. The SMILES string of the molecule is CC(C)[C@@H]1NC(=O)/C=C/[C@@H](N)COC(=O)[C@H](C)NC1=O. The van der Waals surface area contributed by atoms with Crippen LogP contribution in [0.3, 0.4) is 0 Å². The van der Waals surface area contributed by atoms with Gasteiger partial charge in [-0.05, 0) is 12.8 Å². The fourth-order valence-corrected chi connectivity index (χ4v) is 1.67. The van der Waals surface area contributed by atoms with E-state index in [-0.39, 0.29) is 12.5 Å². The molecule has 4 N–H and O–H groups in total. The quantitative estimate of drug-likeness (QED) is 0.539. The Morgan fingerprint density at radius 1 is 1.30 bits per heavy atom. The molecule has 0 aliphatic carbocycles. The van der Waals surface area contributed by atoms with Crippen molar-refractivity contribution >= 4 is 17.8 Å². The molecule has 0 bridgehead atoms. The summed E-state index contributed by atoms with van der Waals surface area (Å²) >= 11 is 0. The van der Waals surface area contributed by atoms with Crippen LogP contribution in [0.5, 0.6) is 0 Å². The van der Waals surface area contributed by atoms with Crippen LogP contribution in [0.2, 0.25) is 0 Å². The van der Waals surface area contributed by atoms with Crippen molar-refractivity contribution in [2.45, 2.75) is 38.9 Å². The third kappa shape index (κ3) is 4.65. The van der Waals surface area contributed by atoms with Crippen molar-refractivity contribution in [3.63, 3.8) is 0 Å². The van der Waals surface area contributed by atoms with Crippen molar-refractivity contribution in [1.29, 1.82) is 0 Å². The summed E-state index contributed by atoms with van der Waals surface area (Å²) in [4.78, 5) is 35.4. The van der Waals surface area contributed by atoms with Crippen LogP contribution in [0.4, 0.5) is 0 Å². The van der Waals surface area contributed by atoms with Crippen LogP contribution in [0, 0.1) is 5.92 Å². The minimum Gasteiger partial charge on any atom is -0.462 e. The Morgan fingerprint density at radius 3 is 2.55 bits per heavy atom. The Morgan fingerprint density at radius 2 is 1.95 bits per heavy atom. The van der Waals surface area contributed by atoms with E-state index < -0.39 is 35.9 Å².